The van der Waals surface area contributed by atoms with Crippen molar-refractivity contribution < 1.29 is 19.1 Å². The number of anilines is 3. The number of nitrogens with zero attached hydrogens (tertiary/aromatic N) is 5. The molecule has 1 aromatic carbocycles. The Labute approximate surface area is 262 Å². The van der Waals surface area contributed by atoms with E-state index in [0.717, 1.165) is 57.5 Å². The van der Waals surface area contributed by atoms with Crippen molar-refractivity contribution in [1.82, 2.24) is 9.88 Å². The van der Waals surface area contributed by atoms with Gasteiger partial charge in [0.25, 0.3) is 0 Å². The Balaban J connectivity index is 1.28. The fourth-order valence-corrected chi connectivity index (χ4v) is 6.98. The van der Waals surface area contributed by atoms with Crippen LogP contribution in [0.4, 0.5) is 17.2 Å². The molecule has 2 aromatic rings. The number of methoxy groups -OCH3 is 1. The third kappa shape index (κ3) is 7.80. The van der Waals surface area contributed by atoms with Gasteiger partial charge in [-0.1, -0.05) is 0 Å². The van der Waals surface area contributed by atoms with Crippen LogP contribution in [-0.2, 0) is 19.1 Å². The third-order valence-electron chi connectivity index (χ3n) is 9.69. The molecule has 2 saturated heterocycles. The fraction of sp³-hybridized carbons (Fsp3) is 0.571. The summed E-state index contributed by atoms with van der Waals surface area (Å²) in [4.78, 5) is 39.3. The van der Waals surface area contributed by atoms with Gasteiger partial charge in [0.05, 0.1) is 19.8 Å². The van der Waals surface area contributed by atoms with Gasteiger partial charge in [0.1, 0.15) is 5.82 Å². The van der Waals surface area contributed by atoms with Crippen LogP contribution >= 0.6 is 0 Å². The summed E-state index contributed by atoms with van der Waals surface area (Å²) in [5.41, 5.74) is 3.29. The Kier molecular flexibility index (Phi) is 10.6. The predicted molar refractivity (Wildman–Crippen MR) is 176 cm³/mol. The van der Waals surface area contributed by atoms with E-state index in [0.29, 0.717) is 30.1 Å². The number of rotatable bonds is 12. The van der Waals surface area contributed by atoms with Crippen LogP contribution in [0.2, 0.25) is 0 Å². The minimum atomic E-state index is -0.413. The lowest BCUT2D eigenvalue weighted by Crippen LogP contribution is -2.59. The van der Waals surface area contributed by atoms with Crippen LogP contribution in [0.25, 0.3) is 6.08 Å². The van der Waals surface area contributed by atoms with Crippen LogP contribution in [-0.4, -0.2) is 96.0 Å². The van der Waals surface area contributed by atoms with Gasteiger partial charge >= 0.3 is 5.97 Å². The predicted octanol–water partition coefficient (Wildman–Crippen LogP) is 4.58. The Bertz CT molecular complexity index is 1280. The van der Waals surface area contributed by atoms with Crippen molar-refractivity contribution in [3.8, 4) is 0 Å². The minimum absolute atomic E-state index is 0.0357. The topological polar surface area (TPSA) is 78.5 Å². The molecule has 1 amide bonds. The fourth-order valence-electron chi connectivity index (χ4n) is 6.98. The number of fused-ring (bicyclic) bond motifs is 2. The number of aromatic nitrogens is 1. The first-order chi connectivity index (χ1) is 21.2. The summed E-state index contributed by atoms with van der Waals surface area (Å²) < 4.78 is 10.9. The molecule has 2 atom stereocenters. The maximum atomic E-state index is 14.2. The summed E-state index contributed by atoms with van der Waals surface area (Å²) in [5, 5.41) is 0. The molecule has 2 bridgehead atoms. The second-order valence-electron chi connectivity index (χ2n) is 13.1. The van der Waals surface area contributed by atoms with Gasteiger partial charge in [-0.25, -0.2) is 9.78 Å². The molecule has 1 aromatic heterocycles. The minimum Gasteiger partial charge on any atom is -0.466 e. The van der Waals surface area contributed by atoms with Crippen molar-refractivity contribution in [2.75, 3.05) is 82.8 Å². The lowest BCUT2D eigenvalue weighted by atomic mass is 9.61. The standard InChI is InChI=1S/C35H49N5O4/c1-37(2)18-19-44-31-13-7-26(8-14-31)35(42)40(33-20-25(16-17-36-33)6-15-34(41)43-5)24-32-27-21-28(32)23-39(22-27)30-11-9-29(10-12-30)38(3)4/h6,9-12,15-17,20,26-28,31-32H,7-8,13-14,18-19,21-24H2,1-5H3/b15-6+. The van der Waals surface area contributed by atoms with E-state index >= 15 is 0 Å². The number of esters is 1. The zero-order chi connectivity index (χ0) is 31.2. The van der Waals surface area contributed by atoms with E-state index in [1.807, 2.05) is 17.0 Å². The Morgan fingerprint density at radius 1 is 1.00 bits per heavy atom. The van der Waals surface area contributed by atoms with Gasteiger partial charge in [-0.3, -0.25) is 9.69 Å². The van der Waals surface area contributed by atoms with Gasteiger partial charge in [0.2, 0.25) is 5.91 Å². The largest absolute Gasteiger partial charge is 0.466 e. The van der Waals surface area contributed by atoms with Gasteiger partial charge in [-0.05, 0) is 112 Å². The number of benzene rings is 1. The van der Waals surface area contributed by atoms with E-state index in [-0.39, 0.29) is 17.9 Å². The summed E-state index contributed by atoms with van der Waals surface area (Å²) in [6.45, 7) is 4.32. The number of likely N-dealkylation sites (N-methyl/N-ethyl adjacent to an activating group) is 1. The molecule has 9 nitrogen and oxygen atoms in total. The van der Waals surface area contributed by atoms with Crippen LogP contribution < -0.4 is 14.7 Å². The van der Waals surface area contributed by atoms with Crippen LogP contribution in [0.5, 0.6) is 0 Å². The summed E-state index contributed by atoms with van der Waals surface area (Å²) >= 11 is 0. The van der Waals surface area contributed by atoms with E-state index in [4.69, 9.17) is 9.47 Å². The molecule has 3 heterocycles. The highest BCUT2D eigenvalue weighted by Crippen LogP contribution is 2.47. The number of hydrogen-bond acceptors (Lipinski definition) is 8. The van der Waals surface area contributed by atoms with E-state index in [1.165, 1.54) is 31.0 Å². The first kappa shape index (κ1) is 32.0. The van der Waals surface area contributed by atoms with Crippen LogP contribution in [0, 0.1) is 23.7 Å². The molecule has 4 fully saturated rings. The molecule has 0 radical (unpaired) electrons. The molecule has 238 valence electrons. The number of ether oxygens (including phenoxy) is 2. The summed E-state index contributed by atoms with van der Waals surface area (Å²) in [7, 11) is 9.60. The zero-order valence-electron chi connectivity index (χ0n) is 27.0. The van der Waals surface area contributed by atoms with Crippen molar-refractivity contribution in [3.63, 3.8) is 0 Å². The Hall–Kier alpha value is -3.43. The van der Waals surface area contributed by atoms with E-state index in [2.05, 4.69) is 72.1 Å². The highest BCUT2D eigenvalue weighted by molar-refractivity contribution is 5.94. The van der Waals surface area contributed by atoms with Crippen LogP contribution in [0.15, 0.2) is 48.7 Å². The second kappa shape index (κ2) is 14.6. The molecular weight excluding hydrogens is 554 g/mol. The molecule has 44 heavy (non-hydrogen) atoms. The monoisotopic (exact) mass is 603 g/mol. The molecule has 0 spiro atoms. The number of pyridine rings is 1. The molecule has 0 N–H and O–H groups in total. The van der Waals surface area contributed by atoms with Gasteiger partial charge in [0, 0.05) is 69.8 Å². The molecule has 2 saturated carbocycles. The molecule has 2 aliphatic heterocycles. The zero-order valence-corrected chi connectivity index (χ0v) is 27.0. The average Bonchev–Trinajstić information content (AvgIpc) is 3.04. The first-order valence-electron chi connectivity index (χ1n) is 16.0. The molecule has 4 aliphatic rings. The van der Waals surface area contributed by atoms with Gasteiger partial charge in [-0.15, -0.1) is 0 Å². The van der Waals surface area contributed by atoms with Gasteiger partial charge in [0.15, 0.2) is 0 Å². The van der Waals surface area contributed by atoms with Crippen LogP contribution in [0.1, 0.15) is 37.7 Å². The quantitative estimate of drug-likeness (QED) is 0.258. The van der Waals surface area contributed by atoms with Crippen molar-refractivity contribution in [2.45, 2.75) is 38.2 Å². The normalized spacial score (nSPS) is 24.7. The number of piperidine rings is 2. The summed E-state index contributed by atoms with van der Waals surface area (Å²) in [5.74, 6) is 1.90. The SMILES string of the molecule is COC(=O)/C=C/c1ccnc(N(CC2C3CC2CN(c2ccc(N(C)C)cc2)C3)C(=O)C2CCC(OCCN(C)C)CC2)c1. The maximum absolute atomic E-state index is 14.2. The molecule has 2 aliphatic carbocycles. The number of hydrogen-bond donors (Lipinski definition) is 0. The lowest BCUT2D eigenvalue weighted by molar-refractivity contribution is -0.134. The molecule has 2 unspecified atom stereocenters. The number of amides is 1. The number of carbonyl (C=O) groups excluding carboxylic acids is 2. The maximum Gasteiger partial charge on any atom is 0.330 e. The van der Waals surface area contributed by atoms with Crippen molar-refractivity contribution in [1.29, 1.82) is 0 Å². The van der Waals surface area contributed by atoms with Gasteiger partial charge in [-0.2, -0.15) is 0 Å². The van der Waals surface area contributed by atoms with E-state index < -0.39 is 5.97 Å². The second-order valence-corrected chi connectivity index (χ2v) is 13.1. The molecule has 6 rings (SSSR count). The third-order valence-corrected chi connectivity index (χ3v) is 9.69. The van der Waals surface area contributed by atoms with Crippen molar-refractivity contribution in [3.05, 3.63) is 54.2 Å². The van der Waals surface area contributed by atoms with Crippen molar-refractivity contribution >= 4 is 35.1 Å². The molecule has 9 heteroatoms. The smallest absolute Gasteiger partial charge is 0.330 e. The highest BCUT2D eigenvalue weighted by Gasteiger charge is 2.48. The van der Waals surface area contributed by atoms with Crippen LogP contribution in [0.3, 0.4) is 0 Å². The summed E-state index contributed by atoms with van der Waals surface area (Å²) in [6, 6.07) is 12.6. The lowest BCUT2D eigenvalue weighted by Gasteiger charge is -2.55. The van der Waals surface area contributed by atoms with E-state index in [1.54, 1.807) is 12.3 Å². The highest BCUT2D eigenvalue weighted by atomic mass is 16.5. The Morgan fingerprint density at radius 3 is 2.34 bits per heavy atom. The molecular formula is C35H49N5O4. The van der Waals surface area contributed by atoms with Crippen molar-refractivity contribution in [2.24, 2.45) is 23.7 Å². The van der Waals surface area contributed by atoms with Gasteiger partial charge < -0.3 is 24.2 Å². The first-order valence-corrected chi connectivity index (χ1v) is 16.0. The summed E-state index contributed by atoms with van der Waals surface area (Å²) in [6.07, 6.45) is 9.75. The van der Waals surface area contributed by atoms with E-state index in [9.17, 15) is 9.59 Å². The Morgan fingerprint density at radius 2 is 1.70 bits per heavy atom. The average molecular weight is 604 g/mol. The number of carbonyl (C=O) groups is 2.